The summed E-state index contributed by atoms with van der Waals surface area (Å²) >= 11 is 0. The van der Waals surface area contributed by atoms with Gasteiger partial charge in [0.05, 0.1) is 12.7 Å². The lowest BCUT2D eigenvalue weighted by atomic mass is 9.70. The van der Waals surface area contributed by atoms with Gasteiger partial charge in [0.15, 0.2) is 0 Å². The van der Waals surface area contributed by atoms with E-state index in [9.17, 15) is 0 Å². The topological polar surface area (TPSA) is 9.23 Å². The molecule has 0 saturated heterocycles. The molecule has 0 atom stereocenters. The van der Waals surface area contributed by atoms with Crippen molar-refractivity contribution in [2.45, 2.75) is 116 Å². The van der Waals surface area contributed by atoms with Crippen LogP contribution < -0.4 is 0 Å². The molecule has 1 nitrogen and oxygen atoms in total. The molecule has 0 bridgehead atoms. The predicted octanol–water partition coefficient (Wildman–Crippen LogP) is 8.25. The Balaban J connectivity index is 1.53. The van der Waals surface area contributed by atoms with Crippen LogP contribution in [0, 0.1) is 17.8 Å². The first-order valence-corrected chi connectivity index (χ1v) is 12.3. The molecule has 156 valence electrons. The molecule has 0 unspecified atom stereocenters. The minimum Gasteiger partial charge on any atom is -0.374 e. The van der Waals surface area contributed by atoms with E-state index in [1.165, 1.54) is 89.9 Å². The van der Waals surface area contributed by atoms with E-state index in [-0.39, 0.29) is 0 Å². The van der Waals surface area contributed by atoms with Gasteiger partial charge in [-0.15, -0.1) is 0 Å². The maximum Gasteiger partial charge on any atom is 0.0654 e. The Morgan fingerprint density at radius 3 is 2.00 bits per heavy atom. The van der Waals surface area contributed by atoms with Crippen LogP contribution in [0.2, 0.25) is 0 Å². The molecule has 27 heavy (non-hydrogen) atoms. The third kappa shape index (κ3) is 9.46. The highest BCUT2D eigenvalue weighted by atomic mass is 16.5. The van der Waals surface area contributed by atoms with E-state index < -0.39 is 0 Å². The van der Waals surface area contributed by atoms with Crippen LogP contribution in [0.1, 0.15) is 110 Å². The zero-order chi connectivity index (χ0) is 19.2. The van der Waals surface area contributed by atoms with Gasteiger partial charge in [-0.1, -0.05) is 89.5 Å². The van der Waals surface area contributed by atoms with Gasteiger partial charge < -0.3 is 4.74 Å². The summed E-state index contributed by atoms with van der Waals surface area (Å²) in [7, 11) is 0. The lowest BCUT2D eigenvalue weighted by Gasteiger charge is -2.37. The van der Waals surface area contributed by atoms with E-state index in [2.05, 4.69) is 38.2 Å². The summed E-state index contributed by atoms with van der Waals surface area (Å²) in [4.78, 5) is 0. The van der Waals surface area contributed by atoms with Gasteiger partial charge in [-0.2, -0.15) is 0 Å². The van der Waals surface area contributed by atoms with E-state index in [4.69, 9.17) is 4.74 Å². The molecule has 2 saturated carbocycles. The molecule has 0 aliphatic heterocycles. The molecular weight excluding hydrogens is 328 g/mol. The van der Waals surface area contributed by atoms with Gasteiger partial charge in [-0.25, -0.2) is 0 Å². The van der Waals surface area contributed by atoms with Crippen molar-refractivity contribution in [3.63, 3.8) is 0 Å². The van der Waals surface area contributed by atoms with E-state index in [0.29, 0.717) is 6.10 Å². The third-order valence-corrected chi connectivity index (χ3v) is 7.04. The molecule has 2 rings (SSSR count). The van der Waals surface area contributed by atoms with E-state index in [1.807, 2.05) is 0 Å². The van der Waals surface area contributed by atoms with Crippen LogP contribution in [0.25, 0.3) is 0 Å². The van der Waals surface area contributed by atoms with Gasteiger partial charge in [0, 0.05) is 0 Å². The fourth-order valence-corrected chi connectivity index (χ4v) is 5.25. The number of allylic oxidation sites excluding steroid dienone is 3. The van der Waals surface area contributed by atoms with Gasteiger partial charge in [0.2, 0.25) is 0 Å². The van der Waals surface area contributed by atoms with Gasteiger partial charge in [0.25, 0.3) is 0 Å². The third-order valence-electron chi connectivity index (χ3n) is 7.04. The SMILES string of the molecule is CCC=CC=CCOC1CCC(C2CCC(CCCCCCC)CC2)CC1. The Labute approximate surface area is 170 Å². The van der Waals surface area contributed by atoms with Gasteiger partial charge in [-0.3, -0.25) is 0 Å². The molecule has 0 aromatic heterocycles. The Morgan fingerprint density at radius 1 is 0.704 bits per heavy atom. The predicted molar refractivity (Wildman–Crippen MR) is 119 cm³/mol. The highest BCUT2D eigenvalue weighted by Gasteiger charge is 2.30. The standard InChI is InChI=1S/C26H46O/c1-3-5-7-9-11-13-23-14-16-24(17-15-23)25-18-20-26(21-19-25)27-22-12-10-8-6-4-2/h6,8,10,12,23-26H,3-5,7,9,11,13-22H2,1-2H3. The molecule has 0 amide bonds. The highest BCUT2D eigenvalue weighted by Crippen LogP contribution is 2.41. The molecule has 0 heterocycles. The Kier molecular flexibility index (Phi) is 12.2. The Morgan fingerprint density at radius 2 is 1.33 bits per heavy atom. The summed E-state index contributed by atoms with van der Waals surface area (Å²) in [6.45, 7) is 5.26. The summed E-state index contributed by atoms with van der Waals surface area (Å²) in [5, 5.41) is 0. The lowest BCUT2D eigenvalue weighted by molar-refractivity contribution is 0.0210. The molecule has 2 aliphatic carbocycles. The molecule has 0 aromatic carbocycles. The second-order valence-corrected chi connectivity index (χ2v) is 9.12. The summed E-state index contributed by atoms with van der Waals surface area (Å²) < 4.78 is 6.07. The van der Waals surface area contributed by atoms with E-state index >= 15 is 0 Å². The molecular formula is C26H46O. The first-order valence-electron chi connectivity index (χ1n) is 12.3. The molecule has 0 spiro atoms. The van der Waals surface area contributed by atoms with E-state index in [0.717, 1.165) is 30.8 Å². The minimum absolute atomic E-state index is 0.514. The van der Waals surface area contributed by atoms with Crippen LogP contribution in [-0.2, 0) is 4.74 Å². The first-order chi connectivity index (χ1) is 13.3. The summed E-state index contributed by atoms with van der Waals surface area (Å²) in [6.07, 6.45) is 30.4. The summed E-state index contributed by atoms with van der Waals surface area (Å²) in [6, 6.07) is 0. The van der Waals surface area contributed by atoms with Gasteiger partial charge >= 0.3 is 0 Å². The zero-order valence-corrected chi connectivity index (χ0v) is 18.3. The van der Waals surface area contributed by atoms with Crippen molar-refractivity contribution in [2.75, 3.05) is 6.61 Å². The molecule has 0 aromatic rings. The average Bonchev–Trinajstić information content (AvgIpc) is 2.71. The van der Waals surface area contributed by atoms with Crippen LogP contribution in [0.5, 0.6) is 0 Å². The number of rotatable bonds is 12. The lowest BCUT2D eigenvalue weighted by Crippen LogP contribution is -2.28. The fraction of sp³-hybridized carbons (Fsp3) is 0.846. The number of unbranched alkanes of at least 4 members (excludes halogenated alkanes) is 4. The number of hydrogen-bond acceptors (Lipinski definition) is 1. The zero-order valence-electron chi connectivity index (χ0n) is 18.3. The molecule has 2 aliphatic rings. The van der Waals surface area contributed by atoms with Gasteiger partial charge in [0.1, 0.15) is 0 Å². The van der Waals surface area contributed by atoms with E-state index in [1.54, 1.807) is 0 Å². The quantitative estimate of drug-likeness (QED) is 0.247. The van der Waals surface area contributed by atoms with Crippen molar-refractivity contribution in [3.8, 4) is 0 Å². The van der Waals surface area contributed by atoms with Gasteiger partial charge in [-0.05, 0) is 62.7 Å². The molecule has 2 fully saturated rings. The summed E-state index contributed by atoms with van der Waals surface area (Å²) in [5.74, 6) is 3.08. The van der Waals surface area contributed by atoms with Crippen molar-refractivity contribution >= 4 is 0 Å². The van der Waals surface area contributed by atoms with Crippen LogP contribution in [0.15, 0.2) is 24.3 Å². The average molecular weight is 375 g/mol. The first kappa shape index (κ1) is 22.7. The molecule has 1 heteroatoms. The maximum absolute atomic E-state index is 6.07. The summed E-state index contributed by atoms with van der Waals surface area (Å²) in [5.41, 5.74) is 0. The minimum atomic E-state index is 0.514. The van der Waals surface area contributed by atoms with Crippen molar-refractivity contribution < 1.29 is 4.74 Å². The van der Waals surface area contributed by atoms with Crippen LogP contribution in [-0.4, -0.2) is 12.7 Å². The van der Waals surface area contributed by atoms with Crippen LogP contribution >= 0.6 is 0 Å². The largest absolute Gasteiger partial charge is 0.374 e. The number of ether oxygens (including phenoxy) is 1. The Hall–Kier alpha value is -0.560. The van der Waals surface area contributed by atoms with Crippen molar-refractivity contribution in [3.05, 3.63) is 24.3 Å². The second kappa shape index (κ2) is 14.4. The Bertz CT molecular complexity index is 394. The van der Waals surface area contributed by atoms with Crippen LogP contribution in [0.4, 0.5) is 0 Å². The monoisotopic (exact) mass is 374 g/mol. The van der Waals surface area contributed by atoms with Crippen LogP contribution in [0.3, 0.4) is 0 Å². The normalized spacial score (nSPS) is 29.7. The second-order valence-electron chi connectivity index (χ2n) is 9.12. The number of hydrogen-bond donors (Lipinski definition) is 0. The molecule has 0 radical (unpaired) electrons. The fourth-order valence-electron chi connectivity index (χ4n) is 5.25. The maximum atomic E-state index is 6.07. The van der Waals surface area contributed by atoms with Crippen molar-refractivity contribution in [1.29, 1.82) is 0 Å². The molecule has 0 N–H and O–H groups in total. The van der Waals surface area contributed by atoms with Crippen molar-refractivity contribution in [1.82, 2.24) is 0 Å². The smallest absolute Gasteiger partial charge is 0.0654 e. The van der Waals surface area contributed by atoms with Crippen molar-refractivity contribution in [2.24, 2.45) is 17.8 Å². The highest BCUT2D eigenvalue weighted by molar-refractivity contribution is 5.02.